The van der Waals surface area contributed by atoms with Crippen LogP contribution in [0.1, 0.15) is 11.1 Å². The molecule has 2 aromatic rings. The Bertz CT molecular complexity index is 632. The van der Waals surface area contributed by atoms with Crippen LogP contribution in [0.5, 0.6) is 5.75 Å². The van der Waals surface area contributed by atoms with Crippen molar-refractivity contribution in [2.45, 2.75) is 12.5 Å². The van der Waals surface area contributed by atoms with Gasteiger partial charge in [0.15, 0.2) is 5.75 Å². The summed E-state index contributed by atoms with van der Waals surface area (Å²) in [6.07, 6.45) is 0. The molecule has 0 saturated carbocycles. The van der Waals surface area contributed by atoms with E-state index < -0.39 is 4.92 Å². The second-order valence-electron chi connectivity index (χ2n) is 4.11. The monoisotopic (exact) mass is 311 g/mol. The van der Waals surface area contributed by atoms with Crippen molar-refractivity contribution < 1.29 is 9.66 Å². The number of nitrogens with zero attached hydrogens (tertiary/aromatic N) is 1. The number of hydrogen-bond acceptors (Lipinski definition) is 3. The summed E-state index contributed by atoms with van der Waals surface area (Å²) in [5, 5.41) is 11.6. The Morgan fingerprint density at radius 2 is 1.95 bits per heavy atom. The summed E-state index contributed by atoms with van der Waals surface area (Å²) in [5.74, 6) is 0.471. The van der Waals surface area contributed by atoms with Gasteiger partial charge in [-0.15, -0.1) is 11.6 Å². The molecule has 0 spiro atoms. The average Bonchev–Trinajstić information content (AvgIpc) is 2.44. The molecular weight excluding hydrogens is 301 g/mol. The molecular formula is C14H11Cl2NO3. The summed E-state index contributed by atoms with van der Waals surface area (Å²) < 4.78 is 5.52. The van der Waals surface area contributed by atoms with E-state index in [0.29, 0.717) is 5.02 Å². The van der Waals surface area contributed by atoms with Crippen molar-refractivity contribution in [2.24, 2.45) is 0 Å². The van der Waals surface area contributed by atoms with E-state index in [1.54, 1.807) is 30.3 Å². The number of hydrogen-bond donors (Lipinski definition) is 0. The molecule has 0 amide bonds. The van der Waals surface area contributed by atoms with Crippen LogP contribution in [0.4, 0.5) is 5.69 Å². The quantitative estimate of drug-likeness (QED) is 0.462. The van der Waals surface area contributed by atoms with Gasteiger partial charge in [0.05, 0.1) is 4.92 Å². The zero-order chi connectivity index (χ0) is 14.5. The minimum absolute atomic E-state index is 0.0825. The standard InChI is InChI=1S/C14H11Cl2NO3/c15-8-10-4-5-13(17(18)19)14(7-10)20-9-11-2-1-3-12(16)6-11/h1-7H,8-9H2. The molecule has 0 atom stereocenters. The summed E-state index contributed by atoms with van der Waals surface area (Å²) in [5.41, 5.74) is 1.52. The lowest BCUT2D eigenvalue weighted by Gasteiger charge is -2.08. The van der Waals surface area contributed by atoms with Crippen molar-refractivity contribution in [2.75, 3.05) is 0 Å². The summed E-state index contributed by atoms with van der Waals surface area (Å²) in [4.78, 5) is 10.5. The lowest BCUT2D eigenvalue weighted by atomic mass is 10.2. The maximum absolute atomic E-state index is 11.0. The molecule has 0 radical (unpaired) electrons. The van der Waals surface area contributed by atoms with E-state index in [9.17, 15) is 10.1 Å². The molecule has 2 aromatic carbocycles. The molecule has 0 bridgehead atoms. The van der Waals surface area contributed by atoms with Crippen LogP contribution in [0.25, 0.3) is 0 Å². The van der Waals surface area contributed by atoms with Crippen molar-refractivity contribution >= 4 is 28.9 Å². The van der Waals surface area contributed by atoms with Gasteiger partial charge in [-0.3, -0.25) is 10.1 Å². The largest absolute Gasteiger partial charge is 0.482 e. The van der Waals surface area contributed by atoms with Gasteiger partial charge >= 0.3 is 5.69 Å². The normalized spacial score (nSPS) is 10.3. The highest BCUT2D eigenvalue weighted by atomic mass is 35.5. The molecule has 6 heteroatoms. The molecule has 0 aliphatic heterocycles. The van der Waals surface area contributed by atoms with Crippen LogP contribution in [0.15, 0.2) is 42.5 Å². The fourth-order valence-corrected chi connectivity index (χ4v) is 2.08. The molecule has 104 valence electrons. The SMILES string of the molecule is O=[N+]([O-])c1ccc(CCl)cc1OCc1cccc(Cl)c1. The Morgan fingerprint density at radius 3 is 2.60 bits per heavy atom. The maximum atomic E-state index is 11.0. The zero-order valence-corrected chi connectivity index (χ0v) is 11.9. The van der Waals surface area contributed by atoms with Gasteiger partial charge < -0.3 is 4.74 Å². The minimum Gasteiger partial charge on any atom is -0.482 e. The van der Waals surface area contributed by atoms with E-state index >= 15 is 0 Å². The first-order chi connectivity index (χ1) is 9.60. The number of rotatable bonds is 5. The summed E-state index contributed by atoms with van der Waals surface area (Å²) >= 11 is 11.6. The zero-order valence-electron chi connectivity index (χ0n) is 10.4. The van der Waals surface area contributed by atoms with Gasteiger partial charge in [-0.05, 0) is 29.3 Å². The van der Waals surface area contributed by atoms with E-state index in [-0.39, 0.29) is 23.9 Å². The average molecular weight is 312 g/mol. The molecule has 20 heavy (non-hydrogen) atoms. The number of benzene rings is 2. The van der Waals surface area contributed by atoms with E-state index in [1.807, 2.05) is 6.07 Å². The molecule has 0 aromatic heterocycles. The number of halogens is 2. The number of nitro groups is 1. The Balaban J connectivity index is 2.21. The van der Waals surface area contributed by atoms with Gasteiger partial charge in [-0.2, -0.15) is 0 Å². The van der Waals surface area contributed by atoms with Gasteiger partial charge in [0.1, 0.15) is 6.61 Å². The van der Waals surface area contributed by atoms with Crippen molar-refractivity contribution in [1.82, 2.24) is 0 Å². The van der Waals surface area contributed by atoms with Gasteiger partial charge in [0.2, 0.25) is 0 Å². The van der Waals surface area contributed by atoms with E-state index in [1.165, 1.54) is 6.07 Å². The van der Waals surface area contributed by atoms with Crippen LogP contribution in [-0.4, -0.2) is 4.92 Å². The minimum atomic E-state index is -0.481. The van der Waals surface area contributed by atoms with Crippen molar-refractivity contribution in [3.8, 4) is 5.75 Å². The Labute approximate surface area is 126 Å². The number of alkyl halides is 1. The Kier molecular flexibility index (Phi) is 4.82. The first-order valence-electron chi connectivity index (χ1n) is 5.80. The van der Waals surface area contributed by atoms with Gasteiger partial charge in [0, 0.05) is 17.0 Å². The van der Waals surface area contributed by atoms with Crippen LogP contribution in [-0.2, 0) is 12.5 Å². The van der Waals surface area contributed by atoms with Crippen LogP contribution < -0.4 is 4.74 Å². The second kappa shape index (κ2) is 6.59. The van der Waals surface area contributed by atoms with Gasteiger partial charge in [0.25, 0.3) is 0 Å². The lowest BCUT2D eigenvalue weighted by Crippen LogP contribution is -2.00. The third kappa shape index (κ3) is 3.62. The van der Waals surface area contributed by atoms with Crippen LogP contribution in [0.2, 0.25) is 5.02 Å². The third-order valence-electron chi connectivity index (χ3n) is 2.66. The molecule has 0 fully saturated rings. The van der Waals surface area contributed by atoms with Crippen molar-refractivity contribution in [1.29, 1.82) is 0 Å². The summed E-state index contributed by atoms with van der Waals surface area (Å²) in [6.45, 7) is 0.202. The van der Waals surface area contributed by atoms with Gasteiger partial charge in [-0.25, -0.2) is 0 Å². The molecule has 0 aliphatic rings. The lowest BCUT2D eigenvalue weighted by molar-refractivity contribution is -0.386. The molecule has 0 saturated heterocycles. The Morgan fingerprint density at radius 1 is 1.15 bits per heavy atom. The number of ether oxygens (including phenoxy) is 1. The summed E-state index contributed by atoms with van der Waals surface area (Å²) in [7, 11) is 0. The highest BCUT2D eigenvalue weighted by Crippen LogP contribution is 2.29. The Hall–Kier alpha value is -1.78. The van der Waals surface area contributed by atoms with E-state index in [2.05, 4.69) is 0 Å². The highest BCUT2D eigenvalue weighted by molar-refractivity contribution is 6.30. The van der Waals surface area contributed by atoms with Crippen LogP contribution >= 0.6 is 23.2 Å². The molecule has 4 nitrogen and oxygen atoms in total. The van der Waals surface area contributed by atoms with E-state index in [0.717, 1.165) is 11.1 Å². The molecule has 0 unspecified atom stereocenters. The molecule has 0 aliphatic carbocycles. The van der Waals surface area contributed by atoms with Gasteiger partial charge in [-0.1, -0.05) is 29.8 Å². The fourth-order valence-electron chi connectivity index (χ4n) is 1.70. The second-order valence-corrected chi connectivity index (χ2v) is 4.82. The number of nitro benzene ring substituents is 1. The topological polar surface area (TPSA) is 52.4 Å². The molecule has 0 N–H and O–H groups in total. The first-order valence-corrected chi connectivity index (χ1v) is 6.72. The van der Waals surface area contributed by atoms with Crippen LogP contribution in [0, 0.1) is 10.1 Å². The fraction of sp³-hybridized carbons (Fsp3) is 0.143. The predicted octanol–water partition coefficient (Wildman–Crippen LogP) is 4.57. The molecule has 0 heterocycles. The highest BCUT2D eigenvalue weighted by Gasteiger charge is 2.15. The smallest absolute Gasteiger partial charge is 0.310 e. The maximum Gasteiger partial charge on any atom is 0.310 e. The van der Waals surface area contributed by atoms with Crippen molar-refractivity contribution in [3.63, 3.8) is 0 Å². The van der Waals surface area contributed by atoms with E-state index in [4.69, 9.17) is 27.9 Å². The third-order valence-corrected chi connectivity index (χ3v) is 3.20. The van der Waals surface area contributed by atoms with Crippen molar-refractivity contribution in [3.05, 3.63) is 68.7 Å². The predicted molar refractivity (Wildman–Crippen MR) is 78.4 cm³/mol. The van der Waals surface area contributed by atoms with Crippen LogP contribution in [0.3, 0.4) is 0 Å². The molecule has 2 rings (SSSR count). The summed E-state index contributed by atoms with van der Waals surface area (Å²) in [6, 6.07) is 11.7. The first kappa shape index (κ1) is 14.6.